The van der Waals surface area contributed by atoms with Crippen molar-refractivity contribution >= 4 is 33.9 Å². The van der Waals surface area contributed by atoms with Gasteiger partial charge in [-0.15, -0.1) is 0 Å². The Morgan fingerprint density at radius 3 is 2.27 bits per heavy atom. The molecule has 0 aliphatic carbocycles. The van der Waals surface area contributed by atoms with E-state index in [1.807, 2.05) is 36.6 Å². The topological polar surface area (TPSA) is 117 Å². The fraction of sp³-hybridized carbons (Fsp3) is 0.267. The number of methoxy groups -OCH3 is 2. The molecule has 2 heterocycles. The van der Waals surface area contributed by atoms with Gasteiger partial charge in [0, 0.05) is 17.1 Å². The van der Waals surface area contributed by atoms with Crippen LogP contribution >= 0.6 is 0 Å². The Hall–Kier alpha value is -4.31. The summed E-state index contributed by atoms with van der Waals surface area (Å²) in [6.45, 7) is 0.655. The largest absolute Gasteiger partial charge is 0.503 e. The van der Waals surface area contributed by atoms with E-state index in [0.717, 1.165) is 11.1 Å². The molecule has 0 aliphatic rings. The second-order valence-corrected chi connectivity index (χ2v) is 11.2. The lowest BCUT2D eigenvalue weighted by Gasteiger charge is -2.14. The molecule has 2 aromatic carbocycles. The monoisotopic (exact) mass is 563 g/mol. The Morgan fingerprint density at radius 2 is 1.62 bits per heavy atom. The van der Waals surface area contributed by atoms with Crippen LogP contribution in [0.25, 0.3) is 11.0 Å². The number of aromatic hydroxyl groups is 1. The van der Waals surface area contributed by atoms with Gasteiger partial charge in [-0.3, -0.25) is 19.0 Å². The lowest BCUT2D eigenvalue weighted by Crippen LogP contribution is -2.29. The minimum absolute atomic E-state index is 0.0432. The Bertz CT molecular complexity index is 1520. The van der Waals surface area contributed by atoms with Crippen molar-refractivity contribution in [1.82, 2.24) is 9.55 Å². The minimum Gasteiger partial charge on any atom is -0.503 e. The number of carbonyl (C=O) groups excluding carboxylic acids is 2. The van der Waals surface area contributed by atoms with Gasteiger partial charge >= 0.3 is 17.5 Å². The predicted molar refractivity (Wildman–Crippen MR) is 153 cm³/mol. The highest BCUT2D eigenvalue weighted by Crippen LogP contribution is 2.29. The molecule has 208 valence electrons. The molecule has 4 rings (SSSR count). The van der Waals surface area contributed by atoms with Gasteiger partial charge in [-0.1, -0.05) is 42.5 Å². The van der Waals surface area contributed by atoms with Gasteiger partial charge < -0.3 is 19.3 Å². The molecule has 0 aliphatic heterocycles. The lowest BCUT2D eigenvalue weighted by molar-refractivity contribution is -0.158. The van der Waals surface area contributed by atoms with Crippen LogP contribution in [0.3, 0.4) is 0 Å². The highest BCUT2D eigenvalue weighted by atomic mass is 32.2. The summed E-state index contributed by atoms with van der Waals surface area (Å²) < 4.78 is 16.9. The Morgan fingerprint density at radius 1 is 0.950 bits per heavy atom. The third-order valence-electron chi connectivity index (χ3n) is 6.48. The number of aromatic nitrogens is 2. The first-order valence-electron chi connectivity index (χ1n) is 12.6. The molecule has 1 unspecified atom stereocenters. The van der Waals surface area contributed by atoms with Crippen LogP contribution in [0.1, 0.15) is 11.1 Å². The standard InChI is InChI=1S/C30H30N2O7S/c1-37-29(35)24(30(36)38-2)18-20-11-13-22(14-12-20)39-16-17-40(3)26-25(33)23-10-7-15-31-27(23)32(28(26)34)19-21-8-5-4-6-9-21/h4-15,24H,16-19H2,1-3H3/p+1. The highest BCUT2D eigenvalue weighted by Gasteiger charge is 2.30. The SMILES string of the molecule is COC(=O)C(Cc1ccc(OCC[S+](C)c2c(O)c3cccnc3n(Cc3ccccc3)c2=O)cc1)C(=O)OC. The van der Waals surface area contributed by atoms with Crippen molar-refractivity contribution < 1.29 is 28.9 Å². The summed E-state index contributed by atoms with van der Waals surface area (Å²) in [5.41, 5.74) is 1.87. The molecular weight excluding hydrogens is 532 g/mol. The van der Waals surface area contributed by atoms with Crippen molar-refractivity contribution in [2.45, 2.75) is 17.9 Å². The summed E-state index contributed by atoms with van der Waals surface area (Å²) in [4.78, 5) is 42.2. The molecular formula is C30H31N2O7S+. The van der Waals surface area contributed by atoms with E-state index >= 15 is 0 Å². The van der Waals surface area contributed by atoms with E-state index in [9.17, 15) is 19.5 Å². The maximum atomic E-state index is 13.6. The molecule has 0 saturated heterocycles. The maximum Gasteiger partial charge on any atom is 0.320 e. The number of rotatable bonds is 11. The molecule has 0 spiro atoms. The fourth-order valence-electron chi connectivity index (χ4n) is 4.36. The Kier molecular flexibility index (Phi) is 9.44. The summed E-state index contributed by atoms with van der Waals surface area (Å²) in [5.74, 6) is -1.29. The summed E-state index contributed by atoms with van der Waals surface area (Å²) >= 11 is 0. The zero-order valence-corrected chi connectivity index (χ0v) is 23.3. The number of carbonyl (C=O) groups is 2. The third-order valence-corrected chi connectivity index (χ3v) is 8.32. The van der Waals surface area contributed by atoms with E-state index in [1.54, 1.807) is 47.2 Å². The van der Waals surface area contributed by atoms with Gasteiger partial charge in [-0.2, -0.15) is 0 Å². The van der Waals surface area contributed by atoms with Gasteiger partial charge in [0.25, 0.3) is 4.90 Å². The second-order valence-electron chi connectivity index (χ2n) is 9.07. The van der Waals surface area contributed by atoms with Gasteiger partial charge in [0.15, 0.2) is 11.7 Å². The summed E-state index contributed by atoms with van der Waals surface area (Å²) in [7, 11) is 1.83. The average molecular weight is 564 g/mol. The number of ether oxygens (including phenoxy) is 3. The molecule has 1 atom stereocenters. The van der Waals surface area contributed by atoms with Crippen LogP contribution in [0.4, 0.5) is 0 Å². The van der Waals surface area contributed by atoms with Crippen LogP contribution in [-0.2, 0) is 42.9 Å². The van der Waals surface area contributed by atoms with E-state index in [1.165, 1.54) is 14.2 Å². The lowest BCUT2D eigenvalue weighted by atomic mass is 9.99. The molecule has 9 nitrogen and oxygen atoms in total. The van der Waals surface area contributed by atoms with Gasteiger partial charge in [-0.05, 0) is 41.8 Å². The van der Waals surface area contributed by atoms with Crippen LogP contribution in [0.5, 0.6) is 11.5 Å². The van der Waals surface area contributed by atoms with Gasteiger partial charge in [0.2, 0.25) is 0 Å². The van der Waals surface area contributed by atoms with E-state index in [-0.39, 0.29) is 17.7 Å². The van der Waals surface area contributed by atoms with Crippen LogP contribution in [0.2, 0.25) is 0 Å². The number of nitrogens with zero attached hydrogens (tertiary/aromatic N) is 2. The molecule has 1 N–H and O–H groups in total. The number of hydrogen-bond acceptors (Lipinski definition) is 8. The first-order chi connectivity index (χ1) is 19.3. The van der Waals surface area contributed by atoms with Crippen molar-refractivity contribution in [2.24, 2.45) is 5.92 Å². The molecule has 2 aromatic heterocycles. The quantitative estimate of drug-likeness (QED) is 0.168. The molecule has 0 fully saturated rings. The predicted octanol–water partition coefficient (Wildman–Crippen LogP) is 3.34. The van der Waals surface area contributed by atoms with Crippen LogP contribution < -0.4 is 10.3 Å². The molecule has 0 amide bonds. The van der Waals surface area contributed by atoms with Crippen molar-refractivity contribution in [3.8, 4) is 11.5 Å². The fourth-order valence-corrected chi connectivity index (χ4v) is 5.74. The van der Waals surface area contributed by atoms with Crippen molar-refractivity contribution in [2.75, 3.05) is 32.8 Å². The smallest absolute Gasteiger partial charge is 0.320 e. The number of esters is 2. The first-order valence-corrected chi connectivity index (χ1v) is 14.4. The molecule has 4 aromatic rings. The van der Waals surface area contributed by atoms with Gasteiger partial charge in [0.05, 0.1) is 26.2 Å². The average Bonchev–Trinajstić information content (AvgIpc) is 2.98. The summed E-state index contributed by atoms with van der Waals surface area (Å²) in [5, 5.41) is 11.6. The van der Waals surface area contributed by atoms with Crippen molar-refractivity contribution in [1.29, 1.82) is 0 Å². The van der Waals surface area contributed by atoms with E-state index in [0.29, 0.717) is 40.6 Å². The van der Waals surface area contributed by atoms with Crippen LogP contribution in [0, 0.1) is 5.92 Å². The Balaban J connectivity index is 1.47. The van der Waals surface area contributed by atoms with Crippen LogP contribution in [0.15, 0.2) is 82.6 Å². The normalized spacial score (nSPS) is 11.8. The minimum atomic E-state index is -1.04. The summed E-state index contributed by atoms with van der Waals surface area (Å²) in [6.07, 6.45) is 3.67. The zero-order chi connectivity index (χ0) is 28.6. The molecule has 0 bridgehead atoms. The van der Waals surface area contributed by atoms with Crippen molar-refractivity contribution in [3.63, 3.8) is 0 Å². The number of pyridine rings is 2. The maximum absolute atomic E-state index is 13.6. The van der Waals surface area contributed by atoms with Gasteiger partial charge in [-0.25, -0.2) is 4.98 Å². The molecule has 10 heteroatoms. The van der Waals surface area contributed by atoms with Crippen molar-refractivity contribution in [3.05, 3.63) is 94.4 Å². The summed E-state index contributed by atoms with van der Waals surface area (Å²) in [6, 6.07) is 20.2. The van der Waals surface area contributed by atoms with Gasteiger partial charge in [0.1, 0.15) is 30.0 Å². The number of fused-ring (bicyclic) bond motifs is 1. The third kappa shape index (κ3) is 6.45. The highest BCUT2D eigenvalue weighted by molar-refractivity contribution is 7.96. The number of benzene rings is 2. The van der Waals surface area contributed by atoms with E-state index in [4.69, 9.17) is 14.2 Å². The Labute approximate surface area is 234 Å². The van der Waals surface area contributed by atoms with Crippen LogP contribution in [-0.4, -0.2) is 59.4 Å². The molecule has 0 saturated carbocycles. The first kappa shape index (κ1) is 28.7. The van der Waals surface area contributed by atoms with E-state index < -0.39 is 28.8 Å². The number of hydrogen-bond donors (Lipinski definition) is 1. The molecule has 0 radical (unpaired) electrons. The zero-order valence-electron chi connectivity index (χ0n) is 22.5. The van der Waals surface area contributed by atoms with E-state index in [2.05, 4.69) is 4.98 Å². The molecule has 40 heavy (non-hydrogen) atoms. The second kappa shape index (κ2) is 13.2.